The monoisotopic (exact) mass is 284 g/mol. The van der Waals surface area contributed by atoms with Gasteiger partial charge in [-0.3, -0.25) is 4.90 Å². The minimum atomic E-state index is -0.580. The van der Waals surface area contributed by atoms with Crippen molar-refractivity contribution in [3.05, 3.63) is 35.4 Å². The van der Waals surface area contributed by atoms with Crippen LogP contribution in [0.25, 0.3) is 0 Å². The predicted molar refractivity (Wildman–Crippen MR) is 74.4 cm³/mol. The second kappa shape index (κ2) is 6.61. The second-order valence-corrected chi connectivity index (χ2v) is 5.59. The Kier molecular flexibility index (Phi) is 5.07. The smallest absolute Gasteiger partial charge is 0.126 e. The molecule has 1 fully saturated rings. The van der Waals surface area contributed by atoms with E-state index in [0.29, 0.717) is 24.6 Å². The van der Waals surface area contributed by atoms with Gasteiger partial charge in [-0.25, -0.2) is 8.78 Å². The maximum atomic E-state index is 13.2. The van der Waals surface area contributed by atoms with Gasteiger partial charge in [0.2, 0.25) is 0 Å². The quantitative estimate of drug-likeness (QED) is 0.923. The van der Waals surface area contributed by atoms with Crippen LogP contribution >= 0.6 is 0 Å². The summed E-state index contributed by atoms with van der Waals surface area (Å²) in [6.07, 6.45) is 0.883. The zero-order valence-electron chi connectivity index (χ0n) is 12.0. The number of rotatable bonds is 4. The zero-order chi connectivity index (χ0) is 14.7. The van der Waals surface area contributed by atoms with Crippen molar-refractivity contribution in [2.45, 2.75) is 38.5 Å². The molecule has 0 radical (unpaired) electrons. The van der Waals surface area contributed by atoms with E-state index >= 15 is 0 Å². The van der Waals surface area contributed by atoms with Gasteiger partial charge in [0.15, 0.2) is 0 Å². The number of halogens is 2. The highest BCUT2D eigenvalue weighted by Gasteiger charge is 2.23. The highest BCUT2D eigenvalue weighted by molar-refractivity contribution is 5.21. The summed E-state index contributed by atoms with van der Waals surface area (Å²) in [7, 11) is 0. The maximum absolute atomic E-state index is 13.2. The van der Waals surface area contributed by atoms with Crippen molar-refractivity contribution in [2.75, 3.05) is 19.7 Å². The largest absolute Gasteiger partial charge is 0.376 e. The van der Waals surface area contributed by atoms with Crippen LogP contribution in [-0.4, -0.2) is 36.7 Å². The summed E-state index contributed by atoms with van der Waals surface area (Å²) in [5.74, 6) is -1.16. The lowest BCUT2D eigenvalue weighted by Gasteiger charge is -2.37. The maximum Gasteiger partial charge on any atom is 0.126 e. The van der Waals surface area contributed by atoms with Gasteiger partial charge in [0, 0.05) is 31.2 Å². The molecule has 0 amide bonds. The van der Waals surface area contributed by atoms with Crippen molar-refractivity contribution >= 4 is 0 Å². The standard InChI is InChI=1S/C15H22F2N2O/c1-10-9-20-11(2)8-19(10)4-3-15(18)12-5-13(16)7-14(17)6-12/h5-7,10-11,15H,3-4,8-9,18H2,1-2H3. The summed E-state index contributed by atoms with van der Waals surface area (Å²) in [6, 6.07) is 3.47. The first kappa shape index (κ1) is 15.4. The Morgan fingerprint density at radius 3 is 2.60 bits per heavy atom. The van der Waals surface area contributed by atoms with E-state index in [1.54, 1.807) is 0 Å². The molecule has 1 aromatic carbocycles. The molecule has 0 aromatic heterocycles. The van der Waals surface area contributed by atoms with E-state index < -0.39 is 11.6 Å². The fourth-order valence-corrected chi connectivity index (χ4v) is 2.54. The van der Waals surface area contributed by atoms with Crippen LogP contribution in [0.1, 0.15) is 31.9 Å². The Hall–Kier alpha value is -1.04. The van der Waals surface area contributed by atoms with Gasteiger partial charge in [0.05, 0.1) is 12.7 Å². The number of hydrogen-bond donors (Lipinski definition) is 1. The number of benzene rings is 1. The van der Waals surface area contributed by atoms with Crippen LogP contribution in [0.4, 0.5) is 8.78 Å². The fraction of sp³-hybridized carbons (Fsp3) is 0.600. The molecule has 2 rings (SSSR count). The van der Waals surface area contributed by atoms with Gasteiger partial charge in [-0.15, -0.1) is 0 Å². The number of nitrogens with zero attached hydrogens (tertiary/aromatic N) is 1. The molecule has 3 atom stereocenters. The highest BCUT2D eigenvalue weighted by Crippen LogP contribution is 2.19. The molecule has 20 heavy (non-hydrogen) atoms. The SMILES string of the molecule is CC1CN(CCC(N)c2cc(F)cc(F)c2)C(C)CO1. The molecule has 0 bridgehead atoms. The Labute approximate surface area is 118 Å². The van der Waals surface area contributed by atoms with E-state index in [2.05, 4.69) is 11.8 Å². The molecule has 0 saturated carbocycles. The minimum Gasteiger partial charge on any atom is -0.376 e. The average Bonchev–Trinajstić information content (AvgIpc) is 2.38. The molecule has 0 aliphatic carbocycles. The van der Waals surface area contributed by atoms with Gasteiger partial charge in [-0.1, -0.05) is 0 Å². The third-order valence-corrected chi connectivity index (χ3v) is 3.78. The van der Waals surface area contributed by atoms with E-state index in [0.717, 1.165) is 19.2 Å². The summed E-state index contributed by atoms with van der Waals surface area (Å²) >= 11 is 0. The number of hydrogen-bond acceptors (Lipinski definition) is 3. The van der Waals surface area contributed by atoms with Crippen molar-refractivity contribution in [3.63, 3.8) is 0 Å². The lowest BCUT2D eigenvalue weighted by Crippen LogP contribution is -2.47. The van der Waals surface area contributed by atoms with Crippen LogP contribution in [0.3, 0.4) is 0 Å². The molecule has 1 aliphatic heterocycles. The lowest BCUT2D eigenvalue weighted by atomic mass is 10.0. The zero-order valence-corrected chi connectivity index (χ0v) is 12.0. The topological polar surface area (TPSA) is 38.5 Å². The van der Waals surface area contributed by atoms with Crippen LogP contribution in [0.15, 0.2) is 18.2 Å². The Morgan fingerprint density at radius 2 is 1.95 bits per heavy atom. The van der Waals surface area contributed by atoms with Crippen LogP contribution < -0.4 is 5.73 Å². The molecule has 112 valence electrons. The Morgan fingerprint density at radius 1 is 1.30 bits per heavy atom. The average molecular weight is 284 g/mol. The first-order valence-corrected chi connectivity index (χ1v) is 7.03. The molecular formula is C15H22F2N2O. The molecule has 2 N–H and O–H groups in total. The van der Waals surface area contributed by atoms with E-state index in [9.17, 15) is 8.78 Å². The minimum absolute atomic E-state index is 0.217. The molecule has 1 heterocycles. The van der Waals surface area contributed by atoms with Crippen molar-refractivity contribution < 1.29 is 13.5 Å². The van der Waals surface area contributed by atoms with Crippen molar-refractivity contribution in [1.29, 1.82) is 0 Å². The first-order chi connectivity index (χ1) is 9.45. The fourth-order valence-electron chi connectivity index (χ4n) is 2.54. The van der Waals surface area contributed by atoms with Gasteiger partial charge in [0.25, 0.3) is 0 Å². The Balaban J connectivity index is 1.92. The highest BCUT2D eigenvalue weighted by atomic mass is 19.1. The first-order valence-electron chi connectivity index (χ1n) is 7.03. The second-order valence-electron chi connectivity index (χ2n) is 5.59. The van der Waals surface area contributed by atoms with Gasteiger partial charge in [0.1, 0.15) is 11.6 Å². The third-order valence-electron chi connectivity index (χ3n) is 3.78. The summed E-state index contributed by atoms with van der Waals surface area (Å²) in [6.45, 7) is 6.53. The number of nitrogens with two attached hydrogens (primary N) is 1. The lowest BCUT2D eigenvalue weighted by molar-refractivity contribution is -0.0499. The van der Waals surface area contributed by atoms with Crippen LogP contribution in [-0.2, 0) is 4.74 Å². The van der Waals surface area contributed by atoms with Gasteiger partial charge >= 0.3 is 0 Å². The van der Waals surface area contributed by atoms with E-state index in [1.807, 2.05) is 6.92 Å². The van der Waals surface area contributed by atoms with E-state index in [4.69, 9.17) is 10.5 Å². The summed E-state index contributed by atoms with van der Waals surface area (Å²) in [5.41, 5.74) is 6.55. The molecule has 1 aromatic rings. The van der Waals surface area contributed by atoms with E-state index in [-0.39, 0.29) is 12.1 Å². The molecular weight excluding hydrogens is 262 g/mol. The third kappa shape index (κ3) is 3.98. The summed E-state index contributed by atoms with van der Waals surface area (Å²) in [5, 5.41) is 0. The summed E-state index contributed by atoms with van der Waals surface area (Å²) in [4.78, 5) is 2.31. The molecule has 5 heteroatoms. The van der Waals surface area contributed by atoms with Crippen LogP contribution in [0.5, 0.6) is 0 Å². The molecule has 0 spiro atoms. The molecule has 1 saturated heterocycles. The van der Waals surface area contributed by atoms with Crippen molar-refractivity contribution in [1.82, 2.24) is 4.90 Å². The molecule has 3 unspecified atom stereocenters. The van der Waals surface area contributed by atoms with Gasteiger partial charge in [-0.2, -0.15) is 0 Å². The van der Waals surface area contributed by atoms with Crippen LogP contribution in [0.2, 0.25) is 0 Å². The van der Waals surface area contributed by atoms with Crippen LogP contribution in [0, 0.1) is 11.6 Å². The van der Waals surface area contributed by atoms with Gasteiger partial charge < -0.3 is 10.5 Å². The van der Waals surface area contributed by atoms with Crippen molar-refractivity contribution in [2.24, 2.45) is 5.73 Å². The molecule has 3 nitrogen and oxygen atoms in total. The van der Waals surface area contributed by atoms with E-state index in [1.165, 1.54) is 12.1 Å². The normalized spacial score (nSPS) is 25.6. The van der Waals surface area contributed by atoms with Gasteiger partial charge in [-0.05, 0) is 38.0 Å². The number of ether oxygens (including phenoxy) is 1. The molecule has 1 aliphatic rings. The summed E-state index contributed by atoms with van der Waals surface area (Å²) < 4.78 is 31.9. The predicted octanol–water partition coefficient (Wildman–Crippen LogP) is 2.46. The number of morpholine rings is 1. The Bertz CT molecular complexity index is 435. The van der Waals surface area contributed by atoms with Crippen molar-refractivity contribution in [3.8, 4) is 0 Å².